The van der Waals surface area contributed by atoms with E-state index in [0.29, 0.717) is 11.7 Å². The molecule has 0 bridgehead atoms. The van der Waals surface area contributed by atoms with E-state index in [1.165, 1.54) is 5.56 Å². The predicted octanol–water partition coefficient (Wildman–Crippen LogP) is 3.25. The average molecular weight is 333 g/mol. The normalized spacial score (nSPS) is 10.8. The highest BCUT2D eigenvalue weighted by atomic mass is 79.9. The summed E-state index contributed by atoms with van der Waals surface area (Å²) in [5, 5.41) is 12.4. The van der Waals surface area contributed by atoms with Crippen molar-refractivity contribution in [2.24, 2.45) is 5.92 Å². The van der Waals surface area contributed by atoms with Crippen molar-refractivity contribution in [1.82, 2.24) is 14.9 Å². The molecular formula is C15H17BrN4. The van der Waals surface area contributed by atoms with Crippen LogP contribution in [0, 0.1) is 17.2 Å². The Hall–Kier alpha value is -1.64. The third-order valence-corrected chi connectivity index (χ3v) is 3.66. The topological polar surface area (TPSA) is 53.6 Å². The quantitative estimate of drug-likeness (QED) is 0.914. The van der Waals surface area contributed by atoms with Crippen LogP contribution in [0.2, 0.25) is 0 Å². The second-order valence-corrected chi connectivity index (χ2v) is 5.89. The van der Waals surface area contributed by atoms with Crippen LogP contribution in [-0.2, 0) is 6.54 Å². The Bertz CT molecular complexity index is 625. The Kier molecular flexibility index (Phi) is 4.94. The summed E-state index contributed by atoms with van der Waals surface area (Å²) >= 11 is 3.59. The van der Waals surface area contributed by atoms with Crippen molar-refractivity contribution in [3.05, 3.63) is 46.5 Å². The molecule has 0 amide bonds. The smallest absolute Gasteiger partial charge is 0.217 e. The molecule has 104 valence electrons. The number of nitriles is 1. The van der Waals surface area contributed by atoms with Gasteiger partial charge in [0.15, 0.2) is 0 Å². The Labute approximate surface area is 127 Å². The van der Waals surface area contributed by atoms with E-state index >= 15 is 0 Å². The summed E-state index contributed by atoms with van der Waals surface area (Å²) < 4.78 is 2.81. The average Bonchev–Trinajstić information content (AvgIpc) is 2.88. The largest absolute Gasteiger partial charge is 0.312 e. The number of nitrogens with zero attached hydrogens (tertiary/aromatic N) is 3. The number of halogens is 1. The van der Waals surface area contributed by atoms with Crippen LogP contribution in [0.15, 0.2) is 35.1 Å². The van der Waals surface area contributed by atoms with Gasteiger partial charge in [0.25, 0.3) is 0 Å². The van der Waals surface area contributed by atoms with Crippen LogP contribution < -0.4 is 5.32 Å². The zero-order valence-corrected chi connectivity index (χ0v) is 13.2. The summed E-state index contributed by atoms with van der Waals surface area (Å²) in [7, 11) is 0. The lowest BCUT2D eigenvalue weighted by Gasteiger charge is -2.11. The molecule has 4 nitrogen and oxygen atoms in total. The van der Waals surface area contributed by atoms with E-state index in [9.17, 15) is 0 Å². The van der Waals surface area contributed by atoms with E-state index in [1.54, 1.807) is 17.0 Å². The van der Waals surface area contributed by atoms with E-state index in [0.717, 1.165) is 23.2 Å². The zero-order chi connectivity index (χ0) is 14.5. The molecule has 1 N–H and O–H groups in total. The molecule has 0 saturated carbocycles. The SMILES string of the molecule is CC(C)CNCc1ccc(-n2ccnc2C#N)cc1Br. The second kappa shape index (κ2) is 6.69. The highest BCUT2D eigenvalue weighted by molar-refractivity contribution is 9.10. The Morgan fingerprint density at radius 2 is 2.25 bits per heavy atom. The molecule has 0 atom stereocenters. The third kappa shape index (κ3) is 3.47. The monoisotopic (exact) mass is 332 g/mol. The van der Waals surface area contributed by atoms with Gasteiger partial charge in [0.1, 0.15) is 6.07 Å². The number of hydrogen-bond donors (Lipinski definition) is 1. The van der Waals surface area contributed by atoms with Crippen molar-refractivity contribution in [3.63, 3.8) is 0 Å². The van der Waals surface area contributed by atoms with Crippen molar-refractivity contribution in [1.29, 1.82) is 5.26 Å². The van der Waals surface area contributed by atoms with Crippen molar-refractivity contribution in [2.45, 2.75) is 20.4 Å². The van der Waals surface area contributed by atoms with Gasteiger partial charge < -0.3 is 5.32 Å². The van der Waals surface area contributed by atoms with E-state index in [-0.39, 0.29) is 0 Å². The number of nitrogens with one attached hydrogen (secondary N) is 1. The van der Waals surface area contributed by atoms with Gasteiger partial charge in [-0.05, 0) is 30.2 Å². The number of hydrogen-bond acceptors (Lipinski definition) is 3. The number of aromatic nitrogens is 2. The minimum absolute atomic E-state index is 0.391. The molecule has 0 aliphatic heterocycles. The lowest BCUT2D eigenvalue weighted by atomic mass is 10.2. The van der Waals surface area contributed by atoms with E-state index < -0.39 is 0 Å². The molecule has 0 aliphatic carbocycles. The molecule has 1 aromatic carbocycles. The van der Waals surface area contributed by atoms with Crippen LogP contribution in [0.1, 0.15) is 25.2 Å². The van der Waals surface area contributed by atoms with Crippen LogP contribution in [0.3, 0.4) is 0 Å². The highest BCUT2D eigenvalue weighted by Gasteiger charge is 2.07. The molecule has 1 aromatic heterocycles. The lowest BCUT2D eigenvalue weighted by molar-refractivity contribution is 0.552. The molecule has 0 radical (unpaired) electrons. The summed E-state index contributed by atoms with van der Waals surface area (Å²) in [6, 6.07) is 8.15. The van der Waals surface area contributed by atoms with Gasteiger partial charge in [-0.2, -0.15) is 5.26 Å². The second-order valence-electron chi connectivity index (χ2n) is 5.03. The molecule has 0 unspecified atom stereocenters. The van der Waals surface area contributed by atoms with E-state index in [2.05, 4.69) is 52.2 Å². The van der Waals surface area contributed by atoms with Crippen molar-refractivity contribution >= 4 is 15.9 Å². The van der Waals surface area contributed by atoms with Gasteiger partial charge in [-0.1, -0.05) is 35.8 Å². The minimum atomic E-state index is 0.391. The van der Waals surface area contributed by atoms with Gasteiger partial charge in [-0.25, -0.2) is 4.98 Å². The molecular weight excluding hydrogens is 316 g/mol. The number of imidazole rings is 1. The fourth-order valence-electron chi connectivity index (χ4n) is 1.92. The molecule has 2 rings (SSSR count). The van der Waals surface area contributed by atoms with Crippen molar-refractivity contribution in [3.8, 4) is 11.8 Å². The summed E-state index contributed by atoms with van der Waals surface area (Å²) in [5.74, 6) is 1.03. The first-order valence-corrected chi connectivity index (χ1v) is 7.34. The standard InChI is InChI=1S/C15H17BrN4/c1-11(2)9-18-10-12-3-4-13(7-14(12)16)20-6-5-19-15(20)8-17/h3-7,11,18H,9-10H2,1-2H3. The van der Waals surface area contributed by atoms with Gasteiger partial charge in [-0.15, -0.1) is 0 Å². The molecule has 0 fully saturated rings. The Balaban J connectivity index is 2.16. The van der Waals surface area contributed by atoms with Gasteiger partial charge in [0, 0.05) is 29.1 Å². The number of benzene rings is 1. The van der Waals surface area contributed by atoms with Gasteiger partial charge in [-0.3, -0.25) is 4.57 Å². The van der Waals surface area contributed by atoms with Gasteiger partial charge in [0.05, 0.1) is 0 Å². The fraction of sp³-hybridized carbons (Fsp3) is 0.333. The summed E-state index contributed by atoms with van der Waals surface area (Å²) in [4.78, 5) is 4.01. The molecule has 20 heavy (non-hydrogen) atoms. The van der Waals surface area contributed by atoms with Gasteiger partial charge >= 0.3 is 0 Å². The van der Waals surface area contributed by atoms with Crippen molar-refractivity contribution < 1.29 is 0 Å². The van der Waals surface area contributed by atoms with Crippen molar-refractivity contribution in [2.75, 3.05) is 6.54 Å². The molecule has 1 heterocycles. The first-order chi connectivity index (χ1) is 9.61. The Morgan fingerprint density at radius 3 is 2.90 bits per heavy atom. The molecule has 2 aromatic rings. The third-order valence-electron chi connectivity index (χ3n) is 2.92. The zero-order valence-electron chi connectivity index (χ0n) is 11.6. The molecule has 0 saturated heterocycles. The van der Waals surface area contributed by atoms with Crippen LogP contribution in [0.25, 0.3) is 5.69 Å². The Morgan fingerprint density at radius 1 is 1.45 bits per heavy atom. The maximum atomic E-state index is 9.01. The maximum Gasteiger partial charge on any atom is 0.217 e. The molecule has 0 spiro atoms. The first-order valence-electron chi connectivity index (χ1n) is 6.54. The lowest BCUT2D eigenvalue weighted by Crippen LogP contribution is -2.19. The first kappa shape index (κ1) is 14.8. The van der Waals surface area contributed by atoms with Gasteiger partial charge in [0.2, 0.25) is 5.82 Å². The predicted molar refractivity (Wildman–Crippen MR) is 82.5 cm³/mol. The fourth-order valence-corrected chi connectivity index (χ4v) is 2.43. The van der Waals surface area contributed by atoms with Crippen LogP contribution in [0.5, 0.6) is 0 Å². The summed E-state index contributed by atoms with van der Waals surface area (Å²) in [6.07, 6.45) is 3.42. The molecule has 5 heteroatoms. The maximum absolute atomic E-state index is 9.01. The highest BCUT2D eigenvalue weighted by Crippen LogP contribution is 2.21. The summed E-state index contributed by atoms with van der Waals surface area (Å²) in [5.41, 5.74) is 2.13. The minimum Gasteiger partial charge on any atom is -0.312 e. The van der Waals surface area contributed by atoms with E-state index in [4.69, 9.17) is 5.26 Å². The number of rotatable bonds is 5. The van der Waals surface area contributed by atoms with Crippen LogP contribution >= 0.6 is 15.9 Å². The molecule has 0 aliphatic rings. The van der Waals surface area contributed by atoms with Crippen LogP contribution in [0.4, 0.5) is 0 Å². The van der Waals surface area contributed by atoms with E-state index in [1.807, 2.05) is 12.1 Å². The van der Waals surface area contributed by atoms with Crippen LogP contribution in [-0.4, -0.2) is 16.1 Å². The summed E-state index contributed by atoms with van der Waals surface area (Å²) in [6.45, 7) is 6.20.